The lowest BCUT2D eigenvalue weighted by molar-refractivity contribution is -0.124. The molecule has 2 N–H and O–H groups in total. The van der Waals surface area contributed by atoms with Gasteiger partial charge < -0.3 is 20.1 Å². The Labute approximate surface area is 178 Å². The van der Waals surface area contributed by atoms with Crippen LogP contribution in [0.2, 0.25) is 0 Å². The van der Waals surface area contributed by atoms with E-state index in [1.165, 1.54) is 0 Å². The van der Waals surface area contributed by atoms with Gasteiger partial charge in [-0.15, -0.1) is 0 Å². The highest BCUT2D eigenvalue weighted by atomic mass is 16.2. The zero-order chi connectivity index (χ0) is 22.1. The Morgan fingerprint density at radius 1 is 1.17 bits per heavy atom. The van der Waals surface area contributed by atoms with E-state index in [4.69, 9.17) is 4.98 Å². The molecular formula is C23H33N5O2. The molecule has 0 aliphatic carbocycles. The van der Waals surface area contributed by atoms with Crippen LogP contribution in [-0.4, -0.2) is 52.9 Å². The van der Waals surface area contributed by atoms with Crippen LogP contribution < -0.4 is 10.6 Å². The van der Waals surface area contributed by atoms with Crippen molar-refractivity contribution in [1.29, 1.82) is 0 Å². The topological polar surface area (TPSA) is 79.3 Å². The van der Waals surface area contributed by atoms with Crippen LogP contribution in [0.1, 0.15) is 48.9 Å². The van der Waals surface area contributed by atoms with E-state index in [0.717, 1.165) is 42.2 Å². The van der Waals surface area contributed by atoms with Crippen LogP contribution in [0.4, 0.5) is 0 Å². The first-order valence-electron chi connectivity index (χ1n) is 10.5. The van der Waals surface area contributed by atoms with Gasteiger partial charge in [-0.1, -0.05) is 45.0 Å². The molecule has 1 atom stereocenters. The van der Waals surface area contributed by atoms with Gasteiger partial charge in [0.15, 0.2) is 5.69 Å². The lowest BCUT2D eigenvalue weighted by atomic mass is 9.86. The van der Waals surface area contributed by atoms with Crippen LogP contribution >= 0.6 is 0 Å². The van der Waals surface area contributed by atoms with E-state index in [1.54, 1.807) is 7.05 Å². The number of rotatable bonds is 4. The Morgan fingerprint density at radius 2 is 1.87 bits per heavy atom. The molecular weight excluding hydrogens is 378 g/mol. The Morgan fingerprint density at radius 3 is 2.50 bits per heavy atom. The number of carbonyl (C=O) groups excluding carboxylic acids is 2. The van der Waals surface area contributed by atoms with Crippen molar-refractivity contribution in [2.75, 3.05) is 20.6 Å². The Hall–Kier alpha value is -2.67. The van der Waals surface area contributed by atoms with Crippen molar-refractivity contribution in [1.82, 2.24) is 25.1 Å². The number of fused-ring (bicyclic) bond motifs is 1. The zero-order valence-corrected chi connectivity index (χ0v) is 18.9. The summed E-state index contributed by atoms with van der Waals surface area (Å²) in [6.07, 6.45) is 0.989. The van der Waals surface area contributed by atoms with E-state index in [0.29, 0.717) is 12.2 Å². The predicted octanol–water partition coefficient (Wildman–Crippen LogP) is 2.58. The lowest BCUT2D eigenvalue weighted by Gasteiger charge is -2.29. The van der Waals surface area contributed by atoms with Gasteiger partial charge in [-0.3, -0.25) is 9.59 Å². The molecule has 2 aromatic rings. The third-order valence-corrected chi connectivity index (χ3v) is 5.66. The monoisotopic (exact) mass is 411 g/mol. The standard InChI is InChI=1S/C23H33N5O2/c1-15-10-7-8-11-16(15)20-25-18(17-14-27(6)12-9-13-28(17)20)21(29)26-19(22(30)24-5)23(2,3)4/h7-8,10-11,19H,9,12-14H2,1-6H3,(H,24,30)(H,26,29). The second kappa shape index (κ2) is 8.60. The normalized spacial score (nSPS) is 15.8. The van der Waals surface area contributed by atoms with Gasteiger partial charge in [0, 0.05) is 25.7 Å². The van der Waals surface area contributed by atoms with Gasteiger partial charge in [-0.2, -0.15) is 0 Å². The molecule has 0 saturated carbocycles. The highest BCUT2D eigenvalue weighted by Crippen LogP contribution is 2.29. The largest absolute Gasteiger partial charge is 0.357 e. The van der Waals surface area contributed by atoms with Crippen LogP contribution in [-0.2, 0) is 17.9 Å². The van der Waals surface area contributed by atoms with E-state index in [2.05, 4.69) is 40.1 Å². The van der Waals surface area contributed by atoms with E-state index in [1.807, 2.05) is 39.0 Å². The lowest BCUT2D eigenvalue weighted by Crippen LogP contribution is -2.53. The van der Waals surface area contributed by atoms with E-state index >= 15 is 0 Å². The minimum atomic E-state index is -0.655. The number of amides is 2. The van der Waals surface area contributed by atoms with E-state index in [9.17, 15) is 9.59 Å². The third kappa shape index (κ3) is 4.41. The molecule has 1 aliphatic heterocycles. The Bertz CT molecular complexity index is 942. The molecule has 0 radical (unpaired) electrons. The number of carbonyl (C=O) groups is 2. The van der Waals surface area contributed by atoms with Gasteiger partial charge >= 0.3 is 0 Å². The molecule has 0 fully saturated rings. The molecule has 1 aromatic carbocycles. The molecule has 0 saturated heterocycles. The molecule has 2 heterocycles. The van der Waals surface area contributed by atoms with Gasteiger partial charge in [0.25, 0.3) is 5.91 Å². The fourth-order valence-electron chi connectivity index (χ4n) is 3.95. The molecule has 0 bridgehead atoms. The number of hydrogen-bond acceptors (Lipinski definition) is 4. The van der Waals surface area contributed by atoms with Gasteiger partial charge in [0.1, 0.15) is 11.9 Å². The molecule has 7 nitrogen and oxygen atoms in total. The minimum Gasteiger partial charge on any atom is -0.357 e. The summed E-state index contributed by atoms with van der Waals surface area (Å²) in [6, 6.07) is 7.44. The van der Waals surface area contributed by atoms with E-state index < -0.39 is 11.5 Å². The molecule has 30 heavy (non-hydrogen) atoms. The molecule has 1 unspecified atom stereocenters. The first-order chi connectivity index (χ1) is 14.1. The van der Waals surface area contributed by atoms with Gasteiger partial charge in [0.05, 0.1) is 5.69 Å². The van der Waals surface area contributed by atoms with Crippen molar-refractivity contribution in [3.8, 4) is 11.4 Å². The van der Waals surface area contributed by atoms with Crippen molar-refractivity contribution in [2.24, 2.45) is 5.41 Å². The van der Waals surface area contributed by atoms with Crippen molar-refractivity contribution in [2.45, 2.75) is 53.2 Å². The number of aryl methyl sites for hydroxylation is 1. The number of benzene rings is 1. The number of nitrogens with zero attached hydrogens (tertiary/aromatic N) is 3. The van der Waals surface area contributed by atoms with Crippen LogP contribution in [0.3, 0.4) is 0 Å². The first-order valence-corrected chi connectivity index (χ1v) is 10.5. The zero-order valence-electron chi connectivity index (χ0n) is 18.9. The fourth-order valence-corrected chi connectivity index (χ4v) is 3.95. The number of aromatic nitrogens is 2. The molecule has 2 amide bonds. The van der Waals surface area contributed by atoms with Crippen molar-refractivity contribution in [3.63, 3.8) is 0 Å². The predicted molar refractivity (Wildman–Crippen MR) is 118 cm³/mol. The summed E-state index contributed by atoms with van der Waals surface area (Å²) in [5, 5.41) is 5.60. The number of hydrogen-bond donors (Lipinski definition) is 2. The molecule has 3 rings (SSSR count). The van der Waals surface area contributed by atoms with Gasteiger partial charge in [-0.25, -0.2) is 4.98 Å². The second-order valence-corrected chi connectivity index (χ2v) is 9.18. The van der Waals surface area contributed by atoms with Crippen molar-refractivity contribution < 1.29 is 9.59 Å². The maximum Gasteiger partial charge on any atom is 0.272 e. The van der Waals surface area contributed by atoms with Crippen molar-refractivity contribution in [3.05, 3.63) is 41.2 Å². The van der Waals surface area contributed by atoms with Crippen LogP contribution in [0, 0.1) is 12.3 Å². The molecule has 7 heteroatoms. The van der Waals surface area contributed by atoms with Crippen LogP contribution in [0.15, 0.2) is 24.3 Å². The smallest absolute Gasteiger partial charge is 0.272 e. The summed E-state index contributed by atoms with van der Waals surface area (Å²) in [5.74, 6) is 0.297. The van der Waals surface area contributed by atoms with Crippen LogP contribution in [0.25, 0.3) is 11.4 Å². The van der Waals surface area contributed by atoms with Crippen molar-refractivity contribution >= 4 is 11.8 Å². The third-order valence-electron chi connectivity index (χ3n) is 5.66. The SMILES string of the molecule is CNC(=O)C(NC(=O)c1nc(-c2ccccc2C)n2c1CN(C)CCC2)C(C)(C)C. The highest BCUT2D eigenvalue weighted by molar-refractivity contribution is 5.98. The fraction of sp³-hybridized carbons (Fsp3) is 0.522. The highest BCUT2D eigenvalue weighted by Gasteiger charge is 2.34. The first kappa shape index (κ1) is 22.0. The second-order valence-electron chi connectivity index (χ2n) is 9.18. The number of nitrogens with one attached hydrogen (secondary N) is 2. The van der Waals surface area contributed by atoms with Gasteiger partial charge in [0.2, 0.25) is 5.91 Å². The maximum absolute atomic E-state index is 13.4. The number of likely N-dealkylation sites (N-methyl/N-ethyl adjacent to an activating group) is 1. The summed E-state index contributed by atoms with van der Waals surface area (Å²) >= 11 is 0. The summed E-state index contributed by atoms with van der Waals surface area (Å²) in [7, 11) is 3.64. The minimum absolute atomic E-state index is 0.211. The van der Waals surface area contributed by atoms with Gasteiger partial charge in [-0.05, 0) is 37.9 Å². The quantitative estimate of drug-likeness (QED) is 0.811. The summed E-state index contributed by atoms with van der Waals surface area (Å²) in [5.41, 5.74) is 3.02. The molecule has 1 aliphatic rings. The average Bonchev–Trinajstić information content (AvgIpc) is 2.91. The maximum atomic E-state index is 13.4. The molecule has 162 valence electrons. The molecule has 0 spiro atoms. The average molecular weight is 412 g/mol. The Balaban J connectivity index is 2.07. The van der Waals surface area contributed by atoms with Crippen LogP contribution in [0.5, 0.6) is 0 Å². The summed E-state index contributed by atoms with van der Waals surface area (Å²) in [4.78, 5) is 32.8. The number of imidazole rings is 1. The summed E-state index contributed by atoms with van der Waals surface area (Å²) < 4.78 is 2.17. The molecule has 1 aromatic heterocycles. The Kier molecular flexibility index (Phi) is 6.31. The summed E-state index contributed by atoms with van der Waals surface area (Å²) in [6.45, 7) is 10.3. The van der Waals surface area contributed by atoms with E-state index in [-0.39, 0.29) is 11.8 Å².